The lowest BCUT2D eigenvalue weighted by atomic mass is 9.49. The first-order valence-corrected chi connectivity index (χ1v) is 7.39. The largest absolute Gasteiger partial charge is 0.465 e. The standard InChI is InChI=1S/C15H24O2/c1-2-3-4-17-14(16)15-8-11-5-12(9-15)7-13(6-11)10-15/h11-13H,2-10H2,1H3. The van der Waals surface area contributed by atoms with Crippen LogP contribution in [-0.2, 0) is 9.53 Å². The highest BCUT2D eigenvalue weighted by molar-refractivity contribution is 5.77. The highest BCUT2D eigenvalue weighted by Gasteiger charge is 2.55. The van der Waals surface area contributed by atoms with Crippen molar-refractivity contribution in [3.63, 3.8) is 0 Å². The van der Waals surface area contributed by atoms with E-state index in [1.807, 2.05) is 0 Å². The quantitative estimate of drug-likeness (QED) is 0.551. The van der Waals surface area contributed by atoms with Gasteiger partial charge in [0.1, 0.15) is 0 Å². The van der Waals surface area contributed by atoms with Crippen molar-refractivity contribution in [1.82, 2.24) is 0 Å². The van der Waals surface area contributed by atoms with Crippen LogP contribution in [0.15, 0.2) is 0 Å². The summed E-state index contributed by atoms with van der Waals surface area (Å²) in [6.45, 7) is 2.77. The van der Waals surface area contributed by atoms with Gasteiger partial charge >= 0.3 is 5.97 Å². The molecule has 0 amide bonds. The maximum absolute atomic E-state index is 12.3. The minimum absolute atomic E-state index is 0.0531. The van der Waals surface area contributed by atoms with E-state index in [4.69, 9.17) is 4.74 Å². The van der Waals surface area contributed by atoms with Gasteiger partial charge < -0.3 is 4.74 Å². The van der Waals surface area contributed by atoms with Gasteiger partial charge in [0, 0.05) is 0 Å². The van der Waals surface area contributed by atoms with Crippen LogP contribution in [0.1, 0.15) is 58.3 Å². The van der Waals surface area contributed by atoms with Crippen molar-refractivity contribution >= 4 is 5.97 Å². The van der Waals surface area contributed by atoms with Crippen LogP contribution in [0.5, 0.6) is 0 Å². The SMILES string of the molecule is CCCCOC(=O)C12CC3CC(CC(C3)C1)C2. The fourth-order valence-corrected chi connectivity index (χ4v) is 4.82. The number of ether oxygens (including phenoxy) is 1. The second-order valence-corrected chi connectivity index (χ2v) is 6.69. The van der Waals surface area contributed by atoms with Gasteiger partial charge in [0.25, 0.3) is 0 Å². The molecule has 0 spiro atoms. The average molecular weight is 236 g/mol. The van der Waals surface area contributed by atoms with E-state index in [9.17, 15) is 4.79 Å². The molecule has 0 saturated heterocycles. The van der Waals surface area contributed by atoms with Gasteiger partial charge in [-0.1, -0.05) is 13.3 Å². The molecular weight excluding hydrogens is 212 g/mol. The predicted octanol–water partition coefficient (Wildman–Crippen LogP) is 3.55. The summed E-state index contributed by atoms with van der Waals surface area (Å²) in [5.41, 5.74) is -0.0531. The van der Waals surface area contributed by atoms with Crippen molar-refractivity contribution in [3.8, 4) is 0 Å². The summed E-state index contributed by atoms with van der Waals surface area (Å²) >= 11 is 0. The zero-order chi connectivity index (χ0) is 11.9. The third-order valence-corrected chi connectivity index (χ3v) is 5.20. The molecule has 0 aromatic carbocycles. The van der Waals surface area contributed by atoms with Gasteiger partial charge in [-0.25, -0.2) is 0 Å². The zero-order valence-corrected chi connectivity index (χ0v) is 10.9. The molecule has 0 aromatic rings. The molecule has 0 aromatic heterocycles. The number of carbonyl (C=O) groups is 1. The van der Waals surface area contributed by atoms with Crippen molar-refractivity contribution in [2.75, 3.05) is 6.61 Å². The second-order valence-electron chi connectivity index (χ2n) is 6.69. The topological polar surface area (TPSA) is 26.3 Å². The number of esters is 1. The van der Waals surface area contributed by atoms with Gasteiger partial charge in [-0.3, -0.25) is 4.79 Å². The molecule has 2 nitrogen and oxygen atoms in total. The van der Waals surface area contributed by atoms with Gasteiger partial charge in [0.2, 0.25) is 0 Å². The Labute approximate surface area is 104 Å². The predicted molar refractivity (Wildman–Crippen MR) is 66.5 cm³/mol. The number of unbranched alkanes of at least 4 members (excludes halogenated alkanes) is 1. The minimum Gasteiger partial charge on any atom is -0.465 e. The minimum atomic E-state index is -0.0531. The van der Waals surface area contributed by atoms with Crippen LogP contribution in [0.2, 0.25) is 0 Å². The van der Waals surface area contributed by atoms with Crippen molar-refractivity contribution < 1.29 is 9.53 Å². The number of carbonyl (C=O) groups excluding carboxylic acids is 1. The van der Waals surface area contributed by atoms with Crippen LogP contribution in [0.3, 0.4) is 0 Å². The molecular formula is C15H24O2. The Bertz CT molecular complexity index is 273. The van der Waals surface area contributed by atoms with E-state index in [0.29, 0.717) is 6.61 Å². The number of hydrogen-bond donors (Lipinski definition) is 0. The number of hydrogen-bond acceptors (Lipinski definition) is 2. The molecule has 0 unspecified atom stereocenters. The Morgan fingerprint density at radius 2 is 1.65 bits per heavy atom. The summed E-state index contributed by atoms with van der Waals surface area (Å²) in [5.74, 6) is 2.64. The highest BCUT2D eigenvalue weighted by atomic mass is 16.5. The first-order valence-electron chi connectivity index (χ1n) is 7.39. The van der Waals surface area contributed by atoms with E-state index in [2.05, 4.69) is 6.92 Å². The molecule has 0 heterocycles. The number of rotatable bonds is 4. The van der Waals surface area contributed by atoms with Crippen molar-refractivity contribution in [3.05, 3.63) is 0 Å². The smallest absolute Gasteiger partial charge is 0.312 e. The van der Waals surface area contributed by atoms with Gasteiger partial charge in [-0.15, -0.1) is 0 Å². The molecule has 2 heteroatoms. The third-order valence-electron chi connectivity index (χ3n) is 5.20. The molecule has 4 fully saturated rings. The van der Waals surface area contributed by atoms with Gasteiger partial charge in [0.15, 0.2) is 0 Å². The van der Waals surface area contributed by atoms with Crippen LogP contribution in [0, 0.1) is 23.2 Å². The van der Waals surface area contributed by atoms with Crippen molar-refractivity contribution in [2.45, 2.75) is 58.3 Å². The first-order chi connectivity index (χ1) is 8.22. The summed E-state index contributed by atoms with van der Waals surface area (Å²) in [7, 11) is 0. The first kappa shape index (κ1) is 11.6. The lowest BCUT2D eigenvalue weighted by molar-refractivity contribution is -0.171. The zero-order valence-electron chi connectivity index (χ0n) is 10.9. The van der Waals surface area contributed by atoms with Crippen molar-refractivity contribution in [2.24, 2.45) is 23.2 Å². The maximum Gasteiger partial charge on any atom is 0.312 e. The van der Waals surface area contributed by atoms with Crippen molar-refractivity contribution in [1.29, 1.82) is 0 Å². The molecule has 4 rings (SSSR count). The van der Waals surface area contributed by atoms with E-state index >= 15 is 0 Å². The second kappa shape index (κ2) is 4.29. The molecule has 17 heavy (non-hydrogen) atoms. The van der Waals surface area contributed by atoms with Gasteiger partial charge in [0.05, 0.1) is 12.0 Å². The van der Waals surface area contributed by atoms with Gasteiger partial charge in [-0.05, 0) is 62.7 Å². The van der Waals surface area contributed by atoms with E-state index in [-0.39, 0.29) is 11.4 Å². The lowest BCUT2D eigenvalue weighted by Crippen LogP contribution is -2.50. The molecule has 4 bridgehead atoms. The molecule has 0 atom stereocenters. The van der Waals surface area contributed by atoms with Crippen LogP contribution < -0.4 is 0 Å². The molecule has 4 saturated carbocycles. The fourth-order valence-electron chi connectivity index (χ4n) is 4.82. The Hall–Kier alpha value is -0.530. The van der Waals surface area contributed by atoms with Crippen LogP contribution in [-0.4, -0.2) is 12.6 Å². The normalized spacial score (nSPS) is 42.8. The molecule has 0 aliphatic heterocycles. The molecule has 96 valence electrons. The van der Waals surface area contributed by atoms with Crippen LogP contribution in [0.4, 0.5) is 0 Å². The summed E-state index contributed by atoms with van der Waals surface area (Å²) in [4.78, 5) is 12.3. The summed E-state index contributed by atoms with van der Waals surface area (Å²) in [6.07, 6.45) is 9.68. The summed E-state index contributed by atoms with van der Waals surface area (Å²) in [5, 5.41) is 0. The molecule has 0 radical (unpaired) electrons. The molecule has 4 aliphatic rings. The third kappa shape index (κ3) is 2.00. The monoisotopic (exact) mass is 236 g/mol. The Balaban J connectivity index is 1.67. The lowest BCUT2D eigenvalue weighted by Gasteiger charge is -2.55. The highest BCUT2D eigenvalue weighted by Crippen LogP contribution is 2.60. The Morgan fingerprint density at radius 3 is 2.12 bits per heavy atom. The summed E-state index contributed by atoms with van der Waals surface area (Å²) in [6, 6.07) is 0. The van der Waals surface area contributed by atoms with Gasteiger partial charge in [-0.2, -0.15) is 0 Å². The molecule has 4 aliphatic carbocycles. The average Bonchev–Trinajstić information content (AvgIpc) is 2.27. The summed E-state index contributed by atoms with van der Waals surface area (Å²) < 4.78 is 5.53. The maximum atomic E-state index is 12.3. The Morgan fingerprint density at radius 1 is 1.12 bits per heavy atom. The molecule has 0 N–H and O–H groups in total. The van der Waals surface area contributed by atoms with E-state index in [1.165, 1.54) is 19.3 Å². The van der Waals surface area contributed by atoms with E-state index in [0.717, 1.165) is 49.9 Å². The van der Waals surface area contributed by atoms with E-state index < -0.39 is 0 Å². The van der Waals surface area contributed by atoms with Crippen LogP contribution >= 0.6 is 0 Å². The van der Waals surface area contributed by atoms with Crippen LogP contribution in [0.25, 0.3) is 0 Å². The fraction of sp³-hybridized carbons (Fsp3) is 0.933. The van der Waals surface area contributed by atoms with E-state index in [1.54, 1.807) is 0 Å². The Kier molecular flexibility index (Phi) is 2.92.